The molecule has 0 aliphatic carbocycles. The second kappa shape index (κ2) is 7.75. The Balaban J connectivity index is 1.40. The number of methoxy groups -OCH3 is 1. The minimum atomic E-state index is -0.311. The van der Waals surface area contributed by atoms with Crippen molar-refractivity contribution in [1.82, 2.24) is 20.3 Å². The molecule has 2 amide bonds. The van der Waals surface area contributed by atoms with Gasteiger partial charge in [0.05, 0.1) is 24.4 Å². The first-order valence-corrected chi connectivity index (χ1v) is 9.33. The number of para-hydroxylation sites is 1. The van der Waals surface area contributed by atoms with Gasteiger partial charge >= 0.3 is 0 Å². The van der Waals surface area contributed by atoms with E-state index in [0.29, 0.717) is 18.7 Å². The third-order valence-corrected chi connectivity index (χ3v) is 5.06. The number of anilines is 1. The van der Waals surface area contributed by atoms with E-state index in [0.717, 1.165) is 22.7 Å². The van der Waals surface area contributed by atoms with Crippen molar-refractivity contribution >= 4 is 17.5 Å². The molecule has 148 valence electrons. The van der Waals surface area contributed by atoms with Crippen LogP contribution in [0.3, 0.4) is 0 Å². The van der Waals surface area contributed by atoms with Gasteiger partial charge in [-0.15, -0.1) is 5.10 Å². The number of carbonyl (C=O) groups excluding carboxylic acids is 2. The van der Waals surface area contributed by atoms with Crippen LogP contribution in [0.25, 0.3) is 5.69 Å². The van der Waals surface area contributed by atoms with E-state index in [2.05, 4.69) is 20.9 Å². The van der Waals surface area contributed by atoms with E-state index in [1.54, 1.807) is 18.7 Å². The zero-order valence-corrected chi connectivity index (χ0v) is 16.2. The number of ether oxygens (including phenoxy) is 1. The lowest BCUT2D eigenvalue weighted by atomic mass is 9.97. The summed E-state index contributed by atoms with van der Waals surface area (Å²) in [6.07, 6.45) is 0.514. The number of nitrogens with one attached hydrogen (secondary N) is 2. The maximum Gasteiger partial charge on any atom is 0.273 e. The largest absolute Gasteiger partial charge is 0.497 e. The predicted octanol–water partition coefficient (Wildman–Crippen LogP) is 2.44. The van der Waals surface area contributed by atoms with Crippen LogP contribution < -0.4 is 15.4 Å². The summed E-state index contributed by atoms with van der Waals surface area (Å²) in [6, 6.07) is 14.9. The van der Waals surface area contributed by atoms with Gasteiger partial charge < -0.3 is 15.4 Å². The second-order valence-electron chi connectivity index (χ2n) is 6.81. The Morgan fingerprint density at radius 1 is 1.21 bits per heavy atom. The smallest absolute Gasteiger partial charge is 0.273 e. The molecule has 3 aromatic rings. The number of nitrogens with zero attached hydrogens (tertiary/aromatic N) is 3. The number of aromatic nitrogens is 3. The molecule has 0 spiro atoms. The summed E-state index contributed by atoms with van der Waals surface area (Å²) >= 11 is 0. The number of carbonyl (C=O) groups is 2. The molecule has 0 fully saturated rings. The highest BCUT2D eigenvalue weighted by Gasteiger charge is 2.29. The number of fused-ring (bicyclic) bond motifs is 1. The number of rotatable bonds is 6. The maximum absolute atomic E-state index is 12.6. The molecule has 2 heterocycles. The molecule has 1 atom stereocenters. The third kappa shape index (κ3) is 3.56. The van der Waals surface area contributed by atoms with Gasteiger partial charge in [0.25, 0.3) is 5.91 Å². The predicted molar refractivity (Wildman–Crippen MR) is 107 cm³/mol. The molecule has 1 unspecified atom stereocenters. The van der Waals surface area contributed by atoms with Crippen LogP contribution in [0.2, 0.25) is 0 Å². The van der Waals surface area contributed by atoms with Gasteiger partial charge in [0.2, 0.25) is 5.91 Å². The fourth-order valence-electron chi connectivity index (χ4n) is 3.48. The van der Waals surface area contributed by atoms with E-state index >= 15 is 0 Å². The Bertz CT molecular complexity index is 1060. The summed E-state index contributed by atoms with van der Waals surface area (Å²) in [6.45, 7) is 2.15. The zero-order valence-electron chi connectivity index (χ0n) is 16.2. The first-order valence-electron chi connectivity index (χ1n) is 9.33. The number of benzene rings is 2. The highest BCUT2D eigenvalue weighted by Crippen LogP contribution is 2.33. The van der Waals surface area contributed by atoms with Gasteiger partial charge in [0.1, 0.15) is 5.75 Å². The van der Waals surface area contributed by atoms with Gasteiger partial charge in [0, 0.05) is 12.2 Å². The van der Waals surface area contributed by atoms with Gasteiger partial charge in [-0.05, 0) is 49.2 Å². The lowest BCUT2D eigenvalue weighted by Crippen LogP contribution is -2.27. The molecule has 1 aliphatic rings. The first-order chi connectivity index (χ1) is 14.1. The molecule has 0 bridgehead atoms. The molecular weight excluding hydrogens is 370 g/mol. The summed E-state index contributed by atoms with van der Waals surface area (Å²) < 4.78 is 6.76. The Kier molecular flexibility index (Phi) is 4.99. The third-order valence-electron chi connectivity index (χ3n) is 5.06. The van der Waals surface area contributed by atoms with Crippen LogP contribution in [0.15, 0.2) is 48.5 Å². The Hall–Kier alpha value is -3.68. The van der Waals surface area contributed by atoms with Gasteiger partial charge in [-0.25, -0.2) is 4.68 Å². The lowest BCUT2D eigenvalue weighted by Gasteiger charge is -2.09. The van der Waals surface area contributed by atoms with E-state index in [1.807, 2.05) is 48.5 Å². The minimum absolute atomic E-state index is 0.0397. The average molecular weight is 391 g/mol. The van der Waals surface area contributed by atoms with Crippen molar-refractivity contribution in [3.8, 4) is 11.4 Å². The Morgan fingerprint density at radius 3 is 2.72 bits per heavy atom. The zero-order chi connectivity index (χ0) is 20.4. The molecule has 0 radical (unpaired) electrons. The van der Waals surface area contributed by atoms with Gasteiger partial charge in [-0.3, -0.25) is 9.59 Å². The van der Waals surface area contributed by atoms with Crippen LogP contribution in [0.5, 0.6) is 5.75 Å². The van der Waals surface area contributed by atoms with Crippen LogP contribution in [-0.4, -0.2) is 40.5 Å². The minimum Gasteiger partial charge on any atom is -0.497 e. The number of hydrogen-bond donors (Lipinski definition) is 2. The maximum atomic E-state index is 12.6. The van der Waals surface area contributed by atoms with Crippen molar-refractivity contribution in [3.05, 3.63) is 65.5 Å². The van der Waals surface area contributed by atoms with Crippen molar-refractivity contribution in [3.63, 3.8) is 0 Å². The summed E-state index contributed by atoms with van der Waals surface area (Å²) in [5, 5.41) is 13.8. The van der Waals surface area contributed by atoms with E-state index in [-0.39, 0.29) is 23.4 Å². The van der Waals surface area contributed by atoms with Crippen LogP contribution in [0.1, 0.15) is 34.1 Å². The van der Waals surface area contributed by atoms with Crippen molar-refractivity contribution in [2.45, 2.75) is 19.3 Å². The molecule has 8 nitrogen and oxygen atoms in total. The highest BCUT2D eigenvalue weighted by atomic mass is 16.5. The van der Waals surface area contributed by atoms with E-state index < -0.39 is 0 Å². The summed E-state index contributed by atoms with van der Waals surface area (Å²) in [4.78, 5) is 24.7. The normalized spacial score (nSPS) is 15.0. The fraction of sp³-hybridized carbons (Fsp3) is 0.238. The van der Waals surface area contributed by atoms with Crippen LogP contribution in [0, 0.1) is 6.92 Å². The second-order valence-corrected chi connectivity index (χ2v) is 6.81. The van der Waals surface area contributed by atoms with Crippen molar-refractivity contribution in [2.75, 3.05) is 19.0 Å². The molecule has 4 rings (SSSR count). The standard InChI is InChI=1S/C21H21N5O3/c1-13-19(24-25-26(13)14-7-9-15(29-2)10-8-14)21(28)22-12-11-17-16-5-3-4-6-18(16)23-20(17)27/h3-10,17H,11-12H2,1-2H3,(H,22,28)(H,23,27). The van der Waals surface area contributed by atoms with Crippen molar-refractivity contribution in [1.29, 1.82) is 0 Å². The summed E-state index contributed by atoms with van der Waals surface area (Å²) in [5.74, 6) is 0.126. The lowest BCUT2D eigenvalue weighted by molar-refractivity contribution is -0.117. The molecule has 2 aromatic carbocycles. The topological polar surface area (TPSA) is 98.1 Å². The van der Waals surface area contributed by atoms with Crippen LogP contribution in [-0.2, 0) is 4.79 Å². The van der Waals surface area contributed by atoms with Gasteiger partial charge in [-0.2, -0.15) is 0 Å². The first kappa shape index (κ1) is 18.7. The molecule has 2 N–H and O–H groups in total. The molecule has 1 aromatic heterocycles. The van der Waals surface area contributed by atoms with E-state index in [1.165, 1.54) is 0 Å². The van der Waals surface area contributed by atoms with Gasteiger partial charge in [-0.1, -0.05) is 23.4 Å². The Morgan fingerprint density at radius 2 is 1.97 bits per heavy atom. The quantitative estimate of drug-likeness (QED) is 0.673. The fourth-order valence-corrected chi connectivity index (χ4v) is 3.48. The molecule has 1 aliphatic heterocycles. The van der Waals surface area contributed by atoms with Crippen LogP contribution in [0.4, 0.5) is 5.69 Å². The molecule has 8 heteroatoms. The van der Waals surface area contributed by atoms with Crippen LogP contribution >= 0.6 is 0 Å². The van der Waals surface area contributed by atoms with Crippen molar-refractivity contribution < 1.29 is 14.3 Å². The molecular formula is C21H21N5O3. The summed E-state index contributed by atoms with van der Waals surface area (Å²) in [7, 11) is 1.60. The SMILES string of the molecule is COc1ccc(-n2nnc(C(=O)NCCC3C(=O)Nc4ccccc43)c2C)cc1. The van der Waals surface area contributed by atoms with Crippen molar-refractivity contribution in [2.24, 2.45) is 0 Å². The van der Waals surface area contributed by atoms with E-state index in [4.69, 9.17) is 4.74 Å². The molecule has 0 saturated carbocycles. The van der Waals surface area contributed by atoms with Gasteiger partial charge in [0.15, 0.2) is 5.69 Å². The summed E-state index contributed by atoms with van der Waals surface area (Å²) in [5.41, 5.74) is 3.49. The Labute approximate surface area is 167 Å². The molecule has 29 heavy (non-hydrogen) atoms. The monoisotopic (exact) mass is 391 g/mol. The number of hydrogen-bond acceptors (Lipinski definition) is 5. The average Bonchev–Trinajstić information content (AvgIpc) is 3.27. The highest BCUT2D eigenvalue weighted by molar-refractivity contribution is 6.02. The van der Waals surface area contributed by atoms with E-state index in [9.17, 15) is 9.59 Å². The number of amides is 2. The molecule has 0 saturated heterocycles.